The van der Waals surface area contributed by atoms with Crippen molar-refractivity contribution in [2.45, 2.75) is 23.8 Å². The number of carbonyl (C=O) groups is 1. The molecule has 4 rings (SSSR count). The van der Waals surface area contributed by atoms with E-state index in [1.807, 2.05) is 40.1 Å². The molecule has 0 N–H and O–H groups in total. The normalized spacial score (nSPS) is 19.8. The first-order valence-corrected chi connectivity index (χ1v) is 10.8. The average molecular weight is 401 g/mol. The third-order valence-electron chi connectivity index (χ3n) is 5.33. The van der Waals surface area contributed by atoms with E-state index < -0.39 is 0 Å². The van der Waals surface area contributed by atoms with Gasteiger partial charge >= 0.3 is 0 Å². The number of amides is 1. The summed E-state index contributed by atoms with van der Waals surface area (Å²) >= 11 is 1.70. The van der Waals surface area contributed by atoms with Crippen LogP contribution in [0.3, 0.4) is 0 Å². The van der Waals surface area contributed by atoms with Gasteiger partial charge in [-0.05, 0) is 37.1 Å². The van der Waals surface area contributed by atoms with Crippen LogP contribution < -0.4 is 4.90 Å². The van der Waals surface area contributed by atoms with E-state index in [4.69, 9.17) is 4.74 Å². The molecule has 4 nitrogen and oxygen atoms in total. The van der Waals surface area contributed by atoms with Crippen molar-refractivity contribution in [1.82, 2.24) is 4.90 Å². The topological polar surface area (TPSA) is 32.8 Å². The van der Waals surface area contributed by atoms with E-state index >= 15 is 0 Å². The monoisotopic (exact) mass is 400 g/mol. The lowest BCUT2D eigenvalue weighted by molar-refractivity contribution is 0.0743. The fraction of sp³-hybridized carbons (Fsp3) is 0.409. The number of benzene rings is 2. The van der Waals surface area contributed by atoms with Crippen LogP contribution in [0.5, 0.6) is 0 Å². The molecule has 0 aliphatic carbocycles. The Balaban J connectivity index is 1.39. The van der Waals surface area contributed by atoms with Gasteiger partial charge in [0.25, 0.3) is 5.91 Å². The molecule has 1 unspecified atom stereocenters. The van der Waals surface area contributed by atoms with Crippen molar-refractivity contribution in [3.8, 4) is 0 Å². The van der Waals surface area contributed by atoms with Crippen molar-refractivity contribution < 1.29 is 13.9 Å². The standard InChI is InChI=1S/C22H25FN2O2S/c23-19-8-2-3-9-20(19)24-11-13-25(14-12-24)22(26)18-7-1-4-10-21(18)28-16-17-6-5-15-27-17/h1-4,7-10,17H,5-6,11-16H2. The number of carbonyl (C=O) groups excluding carboxylic acids is 1. The highest BCUT2D eigenvalue weighted by Crippen LogP contribution is 2.28. The van der Waals surface area contributed by atoms with Crippen molar-refractivity contribution in [2.75, 3.05) is 43.4 Å². The van der Waals surface area contributed by atoms with Gasteiger partial charge in [0.1, 0.15) is 5.82 Å². The molecule has 0 saturated carbocycles. The maximum Gasteiger partial charge on any atom is 0.255 e. The van der Waals surface area contributed by atoms with Gasteiger partial charge in [0.2, 0.25) is 0 Å². The molecule has 28 heavy (non-hydrogen) atoms. The third-order valence-corrected chi connectivity index (χ3v) is 6.53. The van der Waals surface area contributed by atoms with Gasteiger partial charge in [-0.1, -0.05) is 24.3 Å². The second-order valence-electron chi connectivity index (χ2n) is 7.17. The Morgan fingerprint density at radius 3 is 2.57 bits per heavy atom. The average Bonchev–Trinajstić information content (AvgIpc) is 3.26. The molecule has 0 aromatic heterocycles. The quantitative estimate of drug-likeness (QED) is 0.709. The number of nitrogens with zero attached hydrogens (tertiary/aromatic N) is 2. The summed E-state index contributed by atoms with van der Waals surface area (Å²) in [7, 11) is 0. The van der Waals surface area contributed by atoms with Gasteiger partial charge in [0, 0.05) is 43.4 Å². The number of hydrogen-bond acceptors (Lipinski definition) is 4. The molecule has 2 aliphatic rings. The van der Waals surface area contributed by atoms with Crippen molar-refractivity contribution in [3.63, 3.8) is 0 Å². The van der Waals surface area contributed by atoms with Crippen LogP contribution in [-0.4, -0.2) is 55.4 Å². The van der Waals surface area contributed by atoms with Crippen molar-refractivity contribution in [2.24, 2.45) is 0 Å². The molecule has 148 valence electrons. The van der Waals surface area contributed by atoms with E-state index in [1.165, 1.54) is 6.07 Å². The largest absolute Gasteiger partial charge is 0.377 e. The van der Waals surface area contributed by atoms with Gasteiger partial charge < -0.3 is 14.5 Å². The molecule has 0 spiro atoms. The number of para-hydroxylation sites is 1. The zero-order chi connectivity index (χ0) is 19.3. The molecular weight excluding hydrogens is 375 g/mol. The highest BCUT2D eigenvalue weighted by atomic mass is 32.2. The van der Waals surface area contributed by atoms with Crippen LogP contribution >= 0.6 is 11.8 Å². The minimum Gasteiger partial charge on any atom is -0.377 e. The fourth-order valence-corrected chi connectivity index (χ4v) is 4.87. The molecule has 2 aromatic carbocycles. The maximum absolute atomic E-state index is 14.0. The van der Waals surface area contributed by atoms with Crippen molar-refractivity contribution in [1.29, 1.82) is 0 Å². The van der Waals surface area contributed by atoms with Crippen LogP contribution in [0.25, 0.3) is 0 Å². The molecule has 6 heteroatoms. The van der Waals surface area contributed by atoms with Gasteiger partial charge in [-0.15, -0.1) is 11.8 Å². The van der Waals surface area contributed by atoms with Crippen LogP contribution in [-0.2, 0) is 4.74 Å². The Kier molecular flexibility index (Phi) is 6.17. The lowest BCUT2D eigenvalue weighted by Crippen LogP contribution is -2.49. The highest BCUT2D eigenvalue weighted by molar-refractivity contribution is 7.99. The van der Waals surface area contributed by atoms with Gasteiger partial charge in [0.15, 0.2) is 0 Å². The summed E-state index contributed by atoms with van der Waals surface area (Å²) in [4.78, 5) is 18.0. The summed E-state index contributed by atoms with van der Waals surface area (Å²) in [6, 6.07) is 14.6. The summed E-state index contributed by atoms with van der Waals surface area (Å²) in [6.45, 7) is 3.31. The summed E-state index contributed by atoms with van der Waals surface area (Å²) in [5.74, 6) is 0.729. The van der Waals surface area contributed by atoms with Gasteiger partial charge in [-0.2, -0.15) is 0 Å². The summed E-state index contributed by atoms with van der Waals surface area (Å²) in [5.41, 5.74) is 1.37. The maximum atomic E-state index is 14.0. The van der Waals surface area contributed by atoms with E-state index in [-0.39, 0.29) is 17.8 Å². The fourth-order valence-electron chi connectivity index (χ4n) is 3.76. The highest BCUT2D eigenvalue weighted by Gasteiger charge is 2.25. The predicted octanol–water partition coefficient (Wildman–Crippen LogP) is 4.06. The predicted molar refractivity (Wildman–Crippen MR) is 111 cm³/mol. The van der Waals surface area contributed by atoms with Crippen LogP contribution in [0.4, 0.5) is 10.1 Å². The van der Waals surface area contributed by atoms with Gasteiger partial charge in [0.05, 0.1) is 17.4 Å². The first kappa shape index (κ1) is 19.3. The second-order valence-corrected chi connectivity index (χ2v) is 8.23. The van der Waals surface area contributed by atoms with Crippen molar-refractivity contribution in [3.05, 3.63) is 59.9 Å². The zero-order valence-corrected chi connectivity index (χ0v) is 16.7. The number of ether oxygens (including phenoxy) is 1. The molecule has 2 heterocycles. The van der Waals surface area contributed by atoms with E-state index in [0.29, 0.717) is 31.9 Å². The van der Waals surface area contributed by atoms with Crippen LogP contribution in [0, 0.1) is 5.82 Å². The Morgan fingerprint density at radius 1 is 1.07 bits per heavy atom. The summed E-state index contributed by atoms with van der Waals surface area (Å²) < 4.78 is 19.7. The van der Waals surface area contributed by atoms with E-state index in [9.17, 15) is 9.18 Å². The zero-order valence-electron chi connectivity index (χ0n) is 15.9. The molecule has 2 aliphatic heterocycles. The number of piperazine rings is 1. The Morgan fingerprint density at radius 2 is 1.82 bits per heavy atom. The molecule has 2 fully saturated rings. The third kappa shape index (κ3) is 4.33. The summed E-state index contributed by atoms with van der Waals surface area (Å²) in [6.07, 6.45) is 2.51. The summed E-state index contributed by atoms with van der Waals surface area (Å²) in [5, 5.41) is 0. The van der Waals surface area contributed by atoms with Gasteiger partial charge in [-0.3, -0.25) is 4.79 Å². The smallest absolute Gasteiger partial charge is 0.255 e. The van der Waals surface area contributed by atoms with E-state index in [2.05, 4.69) is 0 Å². The lowest BCUT2D eigenvalue weighted by atomic mass is 10.1. The van der Waals surface area contributed by atoms with Crippen LogP contribution in [0.15, 0.2) is 53.4 Å². The lowest BCUT2D eigenvalue weighted by Gasteiger charge is -2.36. The van der Waals surface area contributed by atoms with Gasteiger partial charge in [-0.25, -0.2) is 4.39 Å². The SMILES string of the molecule is O=C(c1ccccc1SCC1CCCO1)N1CCN(c2ccccc2F)CC1. The minimum absolute atomic E-state index is 0.0589. The number of rotatable bonds is 5. The molecular formula is C22H25FN2O2S. The van der Waals surface area contributed by atoms with Crippen LogP contribution in [0.2, 0.25) is 0 Å². The van der Waals surface area contributed by atoms with E-state index in [1.54, 1.807) is 23.9 Å². The number of thioether (sulfide) groups is 1. The Hall–Kier alpha value is -2.05. The van der Waals surface area contributed by atoms with E-state index in [0.717, 1.165) is 35.7 Å². The second kappa shape index (κ2) is 8.97. The molecule has 0 radical (unpaired) electrons. The number of anilines is 1. The first-order chi connectivity index (χ1) is 13.7. The Bertz CT molecular complexity index is 818. The molecule has 2 saturated heterocycles. The Labute approximate surface area is 169 Å². The molecule has 2 aromatic rings. The molecule has 1 amide bonds. The molecule has 1 atom stereocenters. The molecule has 0 bridgehead atoms. The first-order valence-electron chi connectivity index (χ1n) is 9.84. The minimum atomic E-state index is -0.210. The number of hydrogen-bond donors (Lipinski definition) is 0. The van der Waals surface area contributed by atoms with Crippen LogP contribution in [0.1, 0.15) is 23.2 Å². The van der Waals surface area contributed by atoms with Crippen molar-refractivity contribution >= 4 is 23.4 Å². The number of halogens is 1.